The van der Waals surface area contributed by atoms with Crippen LogP contribution in [0.2, 0.25) is 0 Å². The average molecular weight is 413 g/mol. The Labute approximate surface area is 175 Å². The largest absolute Gasteiger partial charge is 0.416 e. The zero-order chi connectivity index (χ0) is 21.6. The molecule has 3 nitrogen and oxygen atoms in total. The lowest BCUT2D eigenvalue weighted by Gasteiger charge is -2.12. The summed E-state index contributed by atoms with van der Waals surface area (Å²) in [6, 6.07) is 22.5. The number of benzene rings is 3. The molecule has 0 saturated carbocycles. The number of nitriles is 1. The zero-order valence-electron chi connectivity index (χ0n) is 16.1. The van der Waals surface area contributed by atoms with Crippen molar-refractivity contribution in [2.75, 3.05) is 0 Å². The molecule has 0 bridgehead atoms. The van der Waals surface area contributed by atoms with Gasteiger partial charge >= 0.3 is 6.18 Å². The van der Waals surface area contributed by atoms with Crippen LogP contribution in [0.5, 0.6) is 0 Å². The molecule has 2 heterocycles. The lowest BCUT2D eigenvalue weighted by Crippen LogP contribution is -2.04. The quantitative estimate of drug-likeness (QED) is 0.322. The molecule has 5 rings (SSSR count). The topological polar surface area (TPSA) is 41.6 Å². The maximum absolute atomic E-state index is 13.3. The number of hydrogen-bond donors (Lipinski definition) is 0. The Morgan fingerprint density at radius 2 is 1.55 bits per heavy atom. The first-order valence-electron chi connectivity index (χ1n) is 9.53. The van der Waals surface area contributed by atoms with E-state index in [9.17, 15) is 18.4 Å². The van der Waals surface area contributed by atoms with Gasteiger partial charge in [0.15, 0.2) is 0 Å². The summed E-state index contributed by atoms with van der Waals surface area (Å²) in [6.45, 7) is 0. The summed E-state index contributed by atoms with van der Waals surface area (Å²) in [7, 11) is 0. The van der Waals surface area contributed by atoms with Crippen LogP contribution in [0.1, 0.15) is 11.1 Å². The summed E-state index contributed by atoms with van der Waals surface area (Å²) in [5.41, 5.74) is 3.63. The third-order valence-corrected chi connectivity index (χ3v) is 5.37. The van der Waals surface area contributed by atoms with Gasteiger partial charge < -0.3 is 4.57 Å². The molecule has 3 aromatic carbocycles. The first-order chi connectivity index (χ1) is 15.0. The average Bonchev–Trinajstić information content (AvgIpc) is 3.12. The van der Waals surface area contributed by atoms with Gasteiger partial charge in [0.25, 0.3) is 0 Å². The normalized spacial score (nSPS) is 11.7. The molecule has 0 saturated heterocycles. The number of halogens is 3. The predicted molar refractivity (Wildman–Crippen MR) is 114 cm³/mol. The van der Waals surface area contributed by atoms with Gasteiger partial charge in [-0.2, -0.15) is 18.4 Å². The molecule has 0 amide bonds. The lowest BCUT2D eigenvalue weighted by molar-refractivity contribution is -0.137. The van der Waals surface area contributed by atoms with Crippen LogP contribution in [0.15, 0.2) is 85.2 Å². The van der Waals surface area contributed by atoms with E-state index in [1.165, 1.54) is 12.1 Å². The van der Waals surface area contributed by atoms with Crippen molar-refractivity contribution in [3.8, 4) is 22.9 Å². The molecule has 0 aliphatic rings. The number of aromatic nitrogens is 2. The number of alkyl halides is 3. The fraction of sp³-hybridized carbons (Fsp3) is 0.0400. The molecule has 0 aliphatic heterocycles. The molecule has 0 aliphatic carbocycles. The van der Waals surface area contributed by atoms with E-state index in [1.807, 2.05) is 53.1 Å². The molecule has 0 spiro atoms. The fourth-order valence-electron chi connectivity index (χ4n) is 3.97. The molecule has 0 fully saturated rings. The zero-order valence-corrected chi connectivity index (χ0v) is 16.1. The minimum atomic E-state index is -4.42. The highest BCUT2D eigenvalue weighted by Gasteiger charge is 2.31. The molecule has 0 atom stereocenters. The van der Waals surface area contributed by atoms with Crippen molar-refractivity contribution < 1.29 is 13.2 Å². The monoisotopic (exact) mass is 413 g/mol. The van der Waals surface area contributed by atoms with Gasteiger partial charge in [0.1, 0.15) is 0 Å². The molecule has 6 heteroatoms. The van der Waals surface area contributed by atoms with Crippen molar-refractivity contribution in [1.29, 1.82) is 5.26 Å². The van der Waals surface area contributed by atoms with Gasteiger partial charge in [-0.15, -0.1) is 0 Å². The molecule has 31 heavy (non-hydrogen) atoms. The molecule has 5 aromatic rings. The number of nitrogens with zero attached hydrogens (tertiary/aromatic N) is 3. The van der Waals surface area contributed by atoms with E-state index in [4.69, 9.17) is 0 Å². The van der Waals surface area contributed by atoms with Crippen LogP contribution < -0.4 is 0 Å². The summed E-state index contributed by atoms with van der Waals surface area (Å²) in [5.74, 6) is 0. The highest BCUT2D eigenvalue weighted by Crippen LogP contribution is 2.37. The molecule has 0 radical (unpaired) electrons. The van der Waals surface area contributed by atoms with Gasteiger partial charge in [-0.1, -0.05) is 18.2 Å². The molecule has 150 valence electrons. The minimum Gasteiger partial charge on any atom is -0.309 e. The van der Waals surface area contributed by atoms with Gasteiger partial charge in [-0.3, -0.25) is 4.98 Å². The second kappa shape index (κ2) is 6.99. The smallest absolute Gasteiger partial charge is 0.309 e. The summed E-state index contributed by atoms with van der Waals surface area (Å²) in [6.07, 6.45) is -1.11. The number of rotatable bonds is 2. The first-order valence-corrected chi connectivity index (χ1v) is 9.53. The van der Waals surface area contributed by atoms with Crippen molar-refractivity contribution in [2.24, 2.45) is 0 Å². The van der Waals surface area contributed by atoms with Crippen molar-refractivity contribution in [3.05, 3.63) is 96.3 Å². The maximum Gasteiger partial charge on any atom is 0.416 e. The number of hydrogen-bond acceptors (Lipinski definition) is 2. The van der Waals surface area contributed by atoms with Crippen LogP contribution in [0.3, 0.4) is 0 Å². The standard InChI is InChI=1S/C25H14F3N3/c26-25(27,28)18-6-8-24-22(13-18)20-3-1-2-4-23(20)31(24)19-7-5-17(15-29)21(14-19)16-9-11-30-12-10-16/h1-14H. The van der Waals surface area contributed by atoms with Crippen LogP contribution in [-0.2, 0) is 6.18 Å². The van der Waals surface area contributed by atoms with Gasteiger partial charge in [0, 0.05) is 34.4 Å². The van der Waals surface area contributed by atoms with E-state index in [2.05, 4.69) is 11.1 Å². The Kier molecular flexibility index (Phi) is 4.26. The highest BCUT2D eigenvalue weighted by atomic mass is 19.4. The fourth-order valence-corrected chi connectivity index (χ4v) is 3.97. The summed E-state index contributed by atoms with van der Waals surface area (Å²) < 4.78 is 41.9. The third-order valence-electron chi connectivity index (χ3n) is 5.37. The van der Waals surface area contributed by atoms with Crippen LogP contribution >= 0.6 is 0 Å². The van der Waals surface area contributed by atoms with Crippen molar-refractivity contribution in [2.45, 2.75) is 6.18 Å². The second-order valence-corrected chi connectivity index (χ2v) is 7.16. The third kappa shape index (κ3) is 3.11. The van der Waals surface area contributed by atoms with E-state index in [1.54, 1.807) is 18.5 Å². The summed E-state index contributed by atoms with van der Waals surface area (Å²) in [4.78, 5) is 4.03. The second-order valence-electron chi connectivity index (χ2n) is 7.16. The van der Waals surface area contributed by atoms with Crippen LogP contribution in [0.25, 0.3) is 38.6 Å². The first kappa shape index (κ1) is 18.9. The van der Waals surface area contributed by atoms with Crippen molar-refractivity contribution in [3.63, 3.8) is 0 Å². The highest BCUT2D eigenvalue weighted by molar-refractivity contribution is 6.09. The van der Waals surface area contributed by atoms with Crippen LogP contribution in [0, 0.1) is 11.3 Å². The minimum absolute atomic E-state index is 0.509. The maximum atomic E-state index is 13.3. The van der Waals surface area contributed by atoms with Gasteiger partial charge in [-0.25, -0.2) is 0 Å². The SMILES string of the molecule is N#Cc1ccc(-n2c3ccccc3c3cc(C(F)(F)F)ccc32)cc1-c1ccncc1. The Morgan fingerprint density at radius 1 is 0.806 bits per heavy atom. The molecule has 2 aromatic heterocycles. The molecule has 0 unspecified atom stereocenters. The molecule has 0 N–H and O–H groups in total. The molecular weight excluding hydrogens is 399 g/mol. The molecular formula is C25H14F3N3. The van der Waals surface area contributed by atoms with Gasteiger partial charge in [0.05, 0.1) is 28.2 Å². The van der Waals surface area contributed by atoms with Gasteiger partial charge in [-0.05, 0) is 60.2 Å². The van der Waals surface area contributed by atoms with Crippen LogP contribution in [0.4, 0.5) is 13.2 Å². The van der Waals surface area contributed by atoms with Crippen molar-refractivity contribution in [1.82, 2.24) is 9.55 Å². The number of para-hydroxylation sites is 1. The van der Waals surface area contributed by atoms with E-state index in [-0.39, 0.29) is 0 Å². The van der Waals surface area contributed by atoms with Crippen LogP contribution in [-0.4, -0.2) is 9.55 Å². The summed E-state index contributed by atoms with van der Waals surface area (Å²) in [5, 5.41) is 10.8. The number of pyridine rings is 1. The summed E-state index contributed by atoms with van der Waals surface area (Å²) >= 11 is 0. The van der Waals surface area contributed by atoms with Gasteiger partial charge in [0.2, 0.25) is 0 Å². The van der Waals surface area contributed by atoms with E-state index in [0.29, 0.717) is 16.5 Å². The van der Waals surface area contributed by atoms with Crippen molar-refractivity contribution >= 4 is 21.8 Å². The lowest BCUT2D eigenvalue weighted by atomic mass is 10.0. The Morgan fingerprint density at radius 3 is 2.29 bits per heavy atom. The number of fused-ring (bicyclic) bond motifs is 3. The Hall–Kier alpha value is -4.11. The van der Waals surface area contributed by atoms with E-state index >= 15 is 0 Å². The Bertz CT molecular complexity index is 1480. The predicted octanol–water partition coefficient (Wildman–Crippen LogP) is 6.74. The van der Waals surface area contributed by atoms with E-state index < -0.39 is 11.7 Å². The van der Waals surface area contributed by atoms with E-state index in [0.717, 1.165) is 33.8 Å². The Balaban J connectivity index is 1.82.